The Balaban J connectivity index is 1.46. The predicted octanol–water partition coefficient (Wildman–Crippen LogP) is 2.58. The number of ether oxygens (including phenoxy) is 1. The molecule has 1 aromatic heterocycles. The maximum absolute atomic E-state index is 12.3. The molecule has 35 heavy (non-hydrogen) atoms. The number of carbonyl (C=O) groups is 1. The number of benzene rings is 2. The first kappa shape index (κ1) is 26.2. The van der Waals surface area contributed by atoms with Crippen molar-refractivity contribution in [1.29, 1.82) is 0 Å². The van der Waals surface area contributed by atoms with E-state index in [1.807, 2.05) is 24.3 Å². The summed E-state index contributed by atoms with van der Waals surface area (Å²) in [6, 6.07) is 13.5. The maximum Gasteiger partial charge on any atom is 0.278 e. The maximum atomic E-state index is 12.3. The molecular formula is C25H30ClN5O4. The van der Waals surface area contributed by atoms with Crippen LogP contribution in [0.2, 0.25) is 5.15 Å². The molecule has 9 nitrogen and oxygen atoms in total. The Kier molecular flexibility index (Phi) is 9.25. The molecule has 10 heteroatoms. The van der Waals surface area contributed by atoms with E-state index in [1.54, 1.807) is 13.0 Å². The van der Waals surface area contributed by atoms with Crippen LogP contribution in [0.1, 0.15) is 34.5 Å². The number of halogens is 1. The van der Waals surface area contributed by atoms with Gasteiger partial charge in [0.1, 0.15) is 23.6 Å². The highest BCUT2D eigenvalue weighted by atomic mass is 35.5. The van der Waals surface area contributed by atoms with E-state index >= 15 is 0 Å². The number of carbonyl (C=O) groups excluding carboxylic acids is 1. The van der Waals surface area contributed by atoms with Gasteiger partial charge in [0.15, 0.2) is 11.7 Å². The molecule has 0 aliphatic heterocycles. The van der Waals surface area contributed by atoms with Gasteiger partial charge >= 0.3 is 0 Å². The summed E-state index contributed by atoms with van der Waals surface area (Å²) in [4.78, 5) is 20.5. The molecular weight excluding hydrogens is 470 g/mol. The second kappa shape index (κ2) is 12.3. The molecule has 1 atom stereocenters. The summed E-state index contributed by atoms with van der Waals surface area (Å²) in [7, 11) is 0. The monoisotopic (exact) mass is 499 g/mol. The molecule has 7 N–H and O–H groups in total. The van der Waals surface area contributed by atoms with E-state index in [4.69, 9.17) is 32.9 Å². The van der Waals surface area contributed by atoms with Gasteiger partial charge < -0.3 is 26.4 Å². The third kappa shape index (κ3) is 7.54. The molecule has 3 rings (SSSR count). The molecule has 186 valence electrons. The first-order valence-corrected chi connectivity index (χ1v) is 11.6. The lowest BCUT2D eigenvalue weighted by Crippen LogP contribution is -2.37. The van der Waals surface area contributed by atoms with Crippen LogP contribution in [0, 0.1) is 6.92 Å². The van der Waals surface area contributed by atoms with Crippen LogP contribution in [0.25, 0.3) is 10.8 Å². The normalized spacial score (nSPS) is 12.5. The number of guanidine groups is 1. The molecule has 0 saturated carbocycles. The summed E-state index contributed by atoms with van der Waals surface area (Å²) >= 11 is 5.97. The Morgan fingerprint density at radius 3 is 2.71 bits per heavy atom. The number of unbranched alkanes of at least 4 members (excludes halogenated alkanes) is 1. The highest BCUT2D eigenvalue weighted by Gasteiger charge is 2.14. The number of aryl methyl sites for hydroxylation is 2. The van der Waals surface area contributed by atoms with Crippen molar-refractivity contribution in [3.05, 3.63) is 64.4 Å². The van der Waals surface area contributed by atoms with Gasteiger partial charge in [-0.3, -0.25) is 15.1 Å². The second-order valence-corrected chi connectivity index (χ2v) is 8.56. The van der Waals surface area contributed by atoms with Gasteiger partial charge in [-0.15, -0.1) is 0 Å². The summed E-state index contributed by atoms with van der Waals surface area (Å²) in [5.74, 6) is 0.0901. The van der Waals surface area contributed by atoms with Crippen LogP contribution in [-0.4, -0.2) is 52.9 Å². The highest BCUT2D eigenvalue weighted by molar-refractivity contribution is 6.30. The number of anilines is 1. The molecule has 0 saturated heterocycles. The Morgan fingerprint density at radius 2 is 1.94 bits per heavy atom. The second-order valence-electron chi connectivity index (χ2n) is 8.20. The van der Waals surface area contributed by atoms with Gasteiger partial charge in [0.25, 0.3) is 5.91 Å². The van der Waals surface area contributed by atoms with E-state index in [1.165, 1.54) is 5.56 Å². The van der Waals surface area contributed by atoms with Crippen molar-refractivity contribution in [3.8, 4) is 5.75 Å². The van der Waals surface area contributed by atoms with Gasteiger partial charge in [-0.05, 0) is 66.3 Å². The number of nitrogens with one attached hydrogen (secondary N) is 1. The van der Waals surface area contributed by atoms with Gasteiger partial charge in [-0.2, -0.15) is 0 Å². The molecule has 1 heterocycles. The molecule has 3 aromatic rings. The van der Waals surface area contributed by atoms with Gasteiger partial charge in [0.2, 0.25) is 0 Å². The van der Waals surface area contributed by atoms with E-state index < -0.39 is 12.0 Å². The van der Waals surface area contributed by atoms with Gasteiger partial charge in [-0.25, -0.2) is 4.98 Å². The van der Waals surface area contributed by atoms with Crippen molar-refractivity contribution in [2.24, 2.45) is 10.7 Å². The van der Waals surface area contributed by atoms with Crippen molar-refractivity contribution >= 4 is 39.9 Å². The summed E-state index contributed by atoms with van der Waals surface area (Å²) < 4.78 is 5.50. The minimum Gasteiger partial charge on any atom is -0.491 e. The van der Waals surface area contributed by atoms with Crippen molar-refractivity contribution in [3.63, 3.8) is 0 Å². The van der Waals surface area contributed by atoms with Crippen LogP contribution < -0.4 is 21.5 Å². The quantitative estimate of drug-likeness (QED) is 0.124. The van der Waals surface area contributed by atoms with E-state index in [0.717, 1.165) is 30.0 Å². The van der Waals surface area contributed by atoms with Crippen LogP contribution in [0.3, 0.4) is 0 Å². The lowest BCUT2D eigenvalue weighted by Gasteiger charge is -2.11. The summed E-state index contributed by atoms with van der Waals surface area (Å²) in [6.07, 6.45) is 1.68. The SMILES string of the molecule is Cc1cc(N)c(C(=O)NC(N)=NCCCCc2ccc3cc(OCC(O)CO)ccc3c2)nc1Cl. The van der Waals surface area contributed by atoms with E-state index in [9.17, 15) is 9.90 Å². The average Bonchev–Trinajstić information content (AvgIpc) is 2.84. The molecule has 1 amide bonds. The highest BCUT2D eigenvalue weighted by Crippen LogP contribution is 2.23. The van der Waals surface area contributed by atoms with Gasteiger partial charge in [-0.1, -0.05) is 35.9 Å². The van der Waals surface area contributed by atoms with E-state index in [0.29, 0.717) is 17.9 Å². The minimum atomic E-state index is -0.896. The van der Waals surface area contributed by atoms with Crippen molar-refractivity contribution in [2.45, 2.75) is 32.3 Å². The lowest BCUT2D eigenvalue weighted by atomic mass is 10.0. The number of amides is 1. The third-order valence-corrected chi connectivity index (χ3v) is 5.71. The molecule has 0 spiro atoms. The smallest absolute Gasteiger partial charge is 0.278 e. The number of nitrogens with zero attached hydrogens (tertiary/aromatic N) is 2. The van der Waals surface area contributed by atoms with Crippen molar-refractivity contribution < 1.29 is 19.7 Å². The summed E-state index contributed by atoms with van der Waals surface area (Å²) in [5.41, 5.74) is 13.8. The summed E-state index contributed by atoms with van der Waals surface area (Å²) in [6.45, 7) is 1.93. The number of rotatable bonds is 10. The summed E-state index contributed by atoms with van der Waals surface area (Å²) in [5, 5.41) is 23.1. The van der Waals surface area contributed by atoms with Crippen LogP contribution in [0.15, 0.2) is 47.5 Å². The zero-order valence-corrected chi connectivity index (χ0v) is 20.3. The predicted molar refractivity (Wildman–Crippen MR) is 138 cm³/mol. The number of pyridine rings is 1. The Labute approximate surface area is 208 Å². The number of nitrogens with two attached hydrogens (primary N) is 2. The zero-order valence-electron chi connectivity index (χ0n) is 19.5. The molecule has 2 aromatic carbocycles. The van der Waals surface area contributed by atoms with Crippen molar-refractivity contribution in [1.82, 2.24) is 10.3 Å². The van der Waals surface area contributed by atoms with E-state index in [2.05, 4.69) is 27.4 Å². The molecule has 0 aliphatic rings. The average molecular weight is 500 g/mol. The van der Waals surface area contributed by atoms with Crippen LogP contribution in [0.5, 0.6) is 5.75 Å². The third-order valence-electron chi connectivity index (χ3n) is 5.32. The number of aromatic nitrogens is 1. The number of aliphatic imine (C=N–C) groups is 1. The number of hydrogen-bond acceptors (Lipinski definition) is 7. The van der Waals surface area contributed by atoms with Crippen molar-refractivity contribution in [2.75, 3.05) is 25.5 Å². The van der Waals surface area contributed by atoms with Crippen LogP contribution in [0.4, 0.5) is 5.69 Å². The Bertz CT molecular complexity index is 1220. The largest absolute Gasteiger partial charge is 0.491 e. The number of aliphatic hydroxyl groups is 2. The Hall–Kier alpha value is -3.40. The zero-order chi connectivity index (χ0) is 25.4. The molecule has 0 bridgehead atoms. The fourth-order valence-corrected chi connectivity index (χ4v) is 3.55. The first-order valence-electron chi connectivity index (χ1n) is 11.2. The first-order chi connectivity index (χ1) is 16.8. The fraction of sp³-hybridized carbons (Fsp3) is 0.320. The standard InChI is InChI=1S/C25H30ClN5O4/c1-15-10-21(27)22(30-23(15)26)24(34)31-25(28)29-9-3-2-4-16-5-6-18-12-20(8-7-17(18)11-16)35-14-19(33)13-32/h5-8,10-12,19,32-33H,2-4,9,13-14,27H2,1H3,(H3,28,29,31,34). The number of nitrogen functional groups attached to an aromatic ring is 1. The minimum absolute atomic E-state index is 0.00290. The molecule has 0 radical (unpaired) electrons. The topological polar surface area (TPSA) is 156 Å². The lowest BCUT2D eigenvalue weighted by molar-refractivity contribution is 0.0536. The van der Waals surface area contributed by atoms with E-state index in [-0.39, 0.29) is 35.7 Å². The molecule has 0 fully saturated rings. The van der Waals surface area contributed by atoms with Crippen LogP contribution >= 0.6 is 11.6 Å². The fourth-order valence-electron chi connectivity index (χ4n) is 3.41. The van der Waals surface area contributed by atoms with Gasteiger partial charge in [0.05, 0.1) is 12.3 Å². The number of hydrogen-bond donors (Lipinski definition) is 5. The number of fused-ring (bicyclic) bond motifs is 1. The molecule has 0 aliphatic carbocycles. The van der Waals surface area contributed by atoms with Crippen LogP contribution in [-0.2, 0) is 6.42 Å². The Morgan fingerprint density at radius 1 is 1.20 bits per heavy atom. The molecule has 1 unspecified atom stereocenters. The number of aliphatic hydroxyl groups excluding tert-OH is 2. The van der Waals surface area contributed by atoms with Gasteiger partial charge in [0, 0.05) is 6.54 Å².